The Bertz CT molecular complexity index is 566. The van der Waals surface area contributed by atoms with E-state index in [1.54, 1.807) is 6.07 Å². The molecule has 0 saturated heterocycles. The van der Waals surface area contributed by atoms with Gasteiger partial charge in [-0.1, -0.05) is 26.2 Å². The van der Waals surface area contributed by atoms with Gasteiger partial charge in [0, 0.05) is 17.5 Å². The molecule has 1 aromatic heterocycles. The predicted octanol–water partition coefficient (Wildman–Crippen LogP) is 3.61. The van der Waals surface area contributed by atoms with Gasteiger partial charge in [-0.15, -0.1) is 11.3 Å². The third kappa shape index (κ3) is 4.28. The monoisotopic (exact) mass is 394 g/mol. The van der Waals surface area contributed by atoms with Crippen LogP contribution in [0.5, 0.6) is 0 Å². The quantitative estimate of drug-likeness (QED) is 0.773. The summed E-state index contributed by atoms with van der Waals surface area (Å²) < 4.78 is 28.8. The van der Waals surface area contributed by atoms with E-state index < -0.39 is 10.0 Å². The van der Waals surface area contributed by atoms with E-state index in [1.807, 2.05) is 0 Å². The van der Waals surface area contributed by atoms with Gasteiger partial charge in [-0.2, -0.15) is 0 Å². The number of halogens is 1. The zero-order chi connectivity index (χ0) is 15.5. The van der Waals surface area contributed by atoms with Crippen LogP contribution < -0.4 is 10.5 Å². The molecular weight excluding hydrogens is 372 g/mol. The molecule has 1 aliphatic carbocycles. The van der Waals surface area contributed by atoms with Gasteiger partial charge in [0.15, 0.2) is 0 Å². The molecule has 0 aromatic carbocycles. The van der Waals surface area contributed by atoms with Crippen molar-refractivity contribution >= 4 is 37.3 Å². The molecule has 21 heavy (non-hydrogen) atoms. The molecule has 0 aliphatic heterocycles. The molecule has 0 amide bonds. The molecule has 1 atom stereocenters. The molecule has 1 heterocycles. The van der Waals surface area contributed by atoms with Crippen molar-refractivity contribution in [3.8, 4) is 0 Å². The highest BCUT2D eigenvalue weighted by atomic mass is 79.9. The molecular formula is C14H23BrN2O2S2. The highest BCUT2D eigenvalue weighted by Crippen LogP contribution is 2.33. The Balaban J connectivity index is 2.16. The van der Waals surface area contributed by atoms with Crippen LogP contribution in [0.15, 0.2) is 14.7 Å². The third-order valence-electron chi connectivity index (χ3n) is 4.16. The summed E-state index contributed by atoms with van der Waals surface area (Å²) in [7, 11) is -3.48. The Morgan fingerprint density at radius 2 is 2.10 bits per heavy atom. The Hall–Kier alpha value is 0.0500. The van der Waals surface area contributed by atoms with Crippen LogP contribution in [0.25, 0.3) is 0 Å². The molecule has 4 nitrogen and oxygen atoms in total. The van der Waals surface area contributed by atoms with E-state index in [0.29, 0.717) is 21.1 Å². The lowest BCUT2D eigenvalue weighted by atomic mass is 9.83. The second-order valence-electron chi connectivity index (χ2n) is 5.59. The van der Waals surface area contributed by atoms with Crippen molar-refractivity contribution in [2.24, 2.45) is 11.7 Å². The summed E-state index contributed by atoms with van der Waals surface area (Å²) in [5.74, 6) is 0.463. The Morgan fingerprint density at radius 1 is 1.43 bits per heavy atom. The molecule has 1 aromatic rings. The maximum Gasteiger partial charge on any atom is 0.242 e. The van der Waals surface area contributed by atoms with E-state index in [-0.39, 0.29) is 6.04 Å². The summed E-state index contributed by atoms with van der Waals surface area (Å²) in [6.07, 6.45) is 6.77. The summed E-state index contributed by atoms with van der Waals surface area (Å²) >= 11 is 4.73. The first-order valence-corrected chi connectivity index (χ1v) is 10.6. The number of nitrogens with two attached hydrogens (primary N) is 1. The molecule has 0 spiro atoms. The minimum atomic E-state index is -3.48. The van der Waals surface area contributed by atoms with E-state index in [4.69, 9.17) is 5.73 Å². The zero-order valence-corrected chi connectivity index (χ0v) is 15.5. The minimum Gasteiger partial charge on any atom is -0.326 e. The summed E-state index contributed by atoms with van der Waals surface area (Å²) in [5.41, 5.74) is 5.59. The molecule has 1 fully saturated rings. The van der Waals surface area contributed by atoms with Crippen LogP contribution in [0, 0.1) is 5.92 Å². The van der Waals surface area contributed by atoms with Gasteiger partial charge < -0.3 is 5.73 Å². The van der Waals surface area contributed by atoms with Crippen LogP contribution >= 0.6 is 27.3 Å². The van der Waals surface area contributed by atoms with E-state index in [1.165, 1.54) is 30.6 Å². The first-order chi connectivity index (χ1) is 9.97. The van der Waals surface area contributed by atoms with Gasteiger partial charge in [-0.05, 0) is 47.2 Å². The lowest BCUT2D eigenvalue weighted by molar-refractivity contribution is 0.285. The van der Waals surface area contributed by atoms with Crippen LogP contribution in [0.1, 0.15) is 50.3 Å². The highest BCUT2D eigenvalue weighted by molar-refractivity contribution is 9.11. The molecule has 1 aliphatic rings. The van der Waals surface area contributed by atoms with Gasteiger partial charge in [0.25, 0.3) is 0 Å². The van der Waals surface area contributed by atoms with Crippen molar-refractivity contribution in [1.82, 2.24) is 4.72 Å². The van der Waals surface area contributed by atoms with E-state index in [9.17, 15) is 8.42 Å². The largest absolute Gasteiger partial charge is 0.326 e. The van der Waals surface area contributed by atoms with Crippen molar-refractivity contribution in [2.45, 2.75) is 62.9 Å². The standard InChI is InChI=1S/C14H23BrN2O2S2/c1-2-12(10-6-4-3-5-7-10)17-21(18,19)13-8-11(9-16)20-14(13)15/h8,10,12,17H,2-7,9,16H2,1H3. The number of hydrogen-bond donors (Lipinski definition) is 2. The maximum atomic E-state index is 12.6. The topological polar surface area (TPSA) is 72.2 Å². The average Bonchev–Trinajstić information content (AvgIpc) is 2.88. The number of nitrogens with one attached hydrogen (secondary N) is 1. The van der Waals surface area contributed by atoms with Gasteiger partial charge in [-0.25, -0.2) is 13.1 Å². The van der Waals surface area contributed by atoms with Crippen molar-refractivity contribution in [1.29, 1.82) is 0 Å². The van der Waals surface area contributed by atoms with Crippen LogP contribution in [0.3, 0.4) is 0 Å². The van der Waals surface area contributed by atoms with Crippen molar-refractivity contribution < 1.29 is 8.42 Å². The zero-order valence-electron chi connectivity index (χ0n) is 12.3. The minimum absolute atomic E-state index is 0.0310. The first-order valence-electron chi connectivity index (χ1n) is 7.48. The van der Waals surface area contributed by atoms with Crippen molar-refractivity contribution in [3.63, 3.8) is 0 Å². The van der Waals surface area contributed by atoms with Crippen LogP contribution in [0.2, 0.25) is 0 Å². The number of hydrogen-bond acceptors (Lipinski definition) is 4. The van der Waals surface area contributed by atoms with E-state index in [0.717, 1.165) is 24.1 Å². The van der Waals surface area contributed by atoms with Crippen LogP contribution in [-0.4, -0.2) is 14.5 Å². The van der Waals surface area contributed by atoms with Gasteiger partial charge in [-0.3, -0.25) is 0 Å². The van der Waals surface area contributed by atoms with Crippen molar-refractivity contribution in [3.05, 3.63) is 14.7 Å². The summed E-state index contributed by atoms with van der Waals surface area (Å²) in [5, 5.41) is 0. The number of sulfonamides is 1. The van der Waals surface area contributed by atoms with Crippen molar-refractivity contribution in [2.75, 3.05) is 0 Å². The first kappa shape index (κ1) is 17.4. The molecule has 0 radical (unpaired) electrons. The molecule has 3 N–H and O–H groups in total. The maximum absolute atomic E-state index is 12.6. The van der Waals surface area contributed by atoms with Gasteiger partial charge >= 0.3 is 0 Å². The smallest absolute Gasteiger partial charge is 0.242 e. The summed E-state index contributed by atoms with van der Waals surface area (Å²) in [6.45, 7) is 2.41. The third-order valence-corrected chi connectivity index (χ3v) is 7.93. The van der Waals surface area contributed by atoms with Crippen LogP contribution in [0.4, 0.5) is 0 Å². The fourth-order valence-electron chi connectivity index (χ4n) is 2.99. The normalized spacial score (nSPS) is 18.8. The highest BCUT2D eigenvalue weighted by Gasteiger charge is 2.29. The Morgan fingerprint density at radius 3 is 2.62 bits per heavy atom. The molecule has 120 valence electrons. The Kier molecular flexibility index (Phi) is 6.25. The molecule has 2 rings (SSSR count). The average molecular weight is 395 g/mol. The summed E-state index contributed by atoms with van der Waals surface area (Å²) in [4.78, 5) is 1.19. The summed E-state index contributed by atoms with van der Waals surface area (Å²) in [6, 6.07) is 1.70. The van der Waals surface area contributed by atoms with Gasteiger partial charge in [0.1, 0.15) is 4.90 Å². The lowest BCUT2D eigenvalue weighted by Gasteiger charge is -2.30. The number of thiophene rings is 1. The van der Waals surface area contributed by atoms with Gasteiger partial charge in [0.05, 0.1) is 3.79 Å². The second-order valence-corrected chi connectivity index (χ2v) is 9.73. The van der Waals surface area contributed by atoms with Gasteiger partial charge in [0.2, 0.25) is 10.0 Å². The second kappa shape index (κ2) is 7.55. The van der Waals surface area contributed by atoms with E-state index >= 15 is 0 Å². The Labute approximate surface area is 139 Å². The SMILES string of the molecule is CCC(NS(=O)(=O)c1cc(CN)sc1Br)C1CCCCC1. The fourth-order valence-corrected chi connectivity index (χ4v) is 6.94. The molecule has 1 unspecified atom stereocenters. The molecule has 7 heteroatoms. The molecule has 0 bridgehead atoms. The lowest BCUT2D eigenvalue weighted by Crippen LogP contribution is -2.40. The van der Waals surface area contributed by atoms with Crippen LogP contribution in [-0.2, 0) is 16.6 Å². The fraction of sp³-hybridized carbons (Fsp3) is 0.714. The molecule has 1 saturated carbocycles. The van der Waals surface area contributed by atoms with E-state index in [2.05, 4.69) is 27.6 Å². The number of rotatable bonds is 6. The predicted molar refractivity (Wildman–Crippen MR) is 90.9 cm³/mol.